The molecule has 1 aromatic rings. The summed E-state index contributed by atoms with van der Waals surface area (Å²) in [6.45, 7) is 2.25. The summed E-state index contributed by atoms with van der Waals surface area (Å²) in [5.74, 6) is 0. The second-order valence-electron chi connectivity index (χ2n) is 7.59. The fourth-order valence-corrected chi connectivity index (χ4v) is 3.61. The van der Waals surface area contributed by atoms with E-state index in [4.69, 9.17) is 14.7 Å². The Balaban J connectivity index is 0. The number of hydrogen-bond donors (Lipinski definition) is 2. The first kappa shape index (κ1) is 29.3. The minimum atomic E-state index is -4.63. The van der Waals surface area contributed by atoms with Gasteiger partial charge in [0.05, 0.1) is 0 Å². The molecule has 1 unspecified atom stereocenters. The molecule has 0 aliphatic carbocycles. The smallest absolute Gasteiger partial charge is 1.00 e. The average molecular weight is 439 g/mol. The van der Waals surface area contributed by atoms with Crippen LogP contribution in [0.4, 0.5) is 0 Å². The summed E-state index contributed by atoms with van der Waals surface area (Å²) in [6.07, 6.45) is 16.9. The van der Waals surface area contributed by atoms with Gasteiger partial charge in [0.15, 0.2) is 0 Å². The van der Waals surface area contributed by atoms with Crippen molar-refractivity contribution in [1.29, 1.82) is 0 Å². The SMILES string of the molecule is CCCCCCCCCCCCCCCC(OOP(=O)(O)O)c1ccccc1.[H-].[Na+]. The molecule has 0 heterocycles. The van der Waals surface area contributed by atoms with Gasteiger partial charge in [0, 0.05) is 0 Å². The van der Waals surface area contributed by atoms with Crippen LogP contribution in [-0.2, 0) is 14.1 Å². The zero-order valence-corrected chi connectivity index (χ0v) is 21.3. The molecule has 1 aromatic carbocycles. The molecule has 1 rings (SSSR count). The minimum absolute atomic E-state index is 0. The molecule has 0 fully saturated rings. The third-order valence-corrected chi connectivity index (χ3v) is 5.28. The summed E-state index contributed by atoms with van der Waals surface area (Å²) in [6, 6.07) is 9.43. The molecule has 0 aromatic heterocycles. The Bertz CT molecular complexity index is 530. The van der Waals surface area contributed by atoms with Crippen LogP contribution in [0, 0.1) is 0 Å². The van der Waals surface area contributed by atoms with Crippen molar-refractivity contribution in [3.63, 3.8) is 0 Å². The summed E-state index contributed by atoms with van der Waals surface area (Å²) in [5.41, 5.74) is 0.870. The van der Waals surface area contributed by atoms with Crippen LogP contribution in [-0.4, -0.2) is 9.79 Å². The van der Waals surface area contributed by atoms with Crippen LogP contribution in [0.1, 0.15) is 110 Å². The van der Waals surface area contributed by atoms with Crippen molar-refractivity contribution in [2.24, 2.45) is 0 Å². The first-order valence-electron chi connectivity index (χ1n) is 11.0. The Morgan fingerprint density at radius 2 is 1.28 bits per heavy atom. The van der Waals surface area contributed by atoms with Gasteiger partial charge in [-0.15, -0.1) is 4.67 Å². The van der Waals surface area contributed by atoms with E-state index in [2.05, 4.69) is 11.6 Å². The molecule has 1 atom stereocenters. The molecule has 7 heteroatoms. The molecule has 0 aliphatic rings. The van der Waals surface area contributed by atoms with Crippen LogP contribution in [0.5, 0.6) is 0 Å². The second kappa shape index (κ2) is 19.0. The Morgan fingerprint density at radius 1 is 0.828 bits per heavy atom. The summed E-state index contributed by atoms with van der Waals surface area (Å²) >= 11 is 0. The summed E-state index contributed by atoms with van der Waals surface area (Å²) in [7, 11) is -4.63. The topological polar surface area (TPSA) is 76.0 Å². The summed E-state index contributed by atoms with van der Waals surface area (Å²) in [4.78, 5) is 22.8. The van der Waals surface area contributed by atoms with Gasteiger partial charge in [-0.05, 0) is 12.0 Å². The third-order valence-electron chi connectivity index (χ3n) is 5.00. The van der Waals surface area contributed by atoms with Gasteiger partial charge in [-0.1, -0.05) is 121 Å². The monoisotopic (exact) mass is 438 g/mol. The molecule has 0 spiro atoms. The maximum atomic E-state index is 10.9. The van der Waals surface area contributed by atoms with Crippen molar-refractivity contribution in [3.8, 4) is 0 Å². The van der Waals surface area contributed by atoms with E-state index in [-0.39, 0.29) is 31.0 Å². The molecular formula is C22H40NaO5P. The van der Waals surface area contributed by atoms with E-state index in [9.17, 15) is 4.57 Å². The molecule has 2 N–H and O–H groups in total. The van der Waals surface area contributed by atoms with E-state index >= 15 is 0 Å². The molecule has 0 amide bonds. The van der Waals surface area contributed by atoms with E-state index in [1.165, 1.54) is 70.6 Å². The molecule has 29 heavy (non-hydrogen) atoms. The average Bonchev–Trinajstić information content (AvgIpc) is 2.67. The molecule has 0 saturated heterocycles. The van der Waals surface area contributed by atoms with Gasteiger partial charge in [0.2, 0.25) is 0 Å². The largest absolute Gasteiger partial charge is 1.00 e. The van der Waals surface area contributed by atoms with E-state index in [1.807, 2.05) is 30.3 Å². The Kier molecular flexibility index (Phi) is 19.2. The number of benzene rings is 1. The number of unbranched alkanes of at least 4 members (excludes halogenated alkanes) is 12. The van der Waals surface area contributed by atoms with Crippen LogP contribution in [0.25, 0.3) is 0 Å². The first-order valence-corrected chi connectivity index (χ1v) is 12.5. The number of phosphoric acid groups is 1. The number of rotatable bonds is 18. The van der Waals surface area contributed by atoms with E-state index in [0.717, 1.165) is 18.4 Å². The fraction of sp³-hybridized carbons (Fsp3) is 0.727. The third kappa shape index (κ3) is 17.6. The van der Waals surface area contributed by atoms with Gasteiger partial charge in [-0.25, -0.2) is 9.45 Å². The Morgan fingerprint density at radius 3 is 1.72 bits per heavy atom. The normalized spacial score (nSPS) is 12.5. The predicted octanol–water partition coefficient (Wildman–Crippen LogP) is 4.37. The van der Waals surface area contributed by atoms with Gasteiger partial charge in [-0.2, -0.15) is 0 Å². The molecule has 0 radical (unpaired) electrons. The van der Waals surface area contributed by atoms with Crippen LogP contribution in [0.3, 0.4) is 0 Å². The quantitative estimate of drug-likeness (QED) is 0.117. The van der Waals surface area contributed by atoms with Crippen molar-refractivity contribution in [2.45, 2.75) is 103 Å². The predicted molar refractivity (Wildman–Crippen MR) is 115 cm³/mol. The molecule has 0 bridgehead atoms. The maximum Gasteiger partial charge on any atom is 1.00 e. The van der Waals surface area contributed by atoms with Crippen molar-refractivity contribution >= 4 is 7.82 Å². The van der Waals surface area contributed by atoms with Gasteiger partial charge < -0.3 is 11.2 Å². The molecule has 0 aliphatic heterocycles. The van der Waals surface area contributed by atoms with Gasteiger partial charge >= 0.3 is 37.4 Å². The van der Waals surface area contributed by atoms with Crippen molar-refractivity contribution in [3.05, 3.63) is 35.9 Å². The molecule has 0 saturated carbocycles. The molecule has 164 valence electrons. The van der Waals surface area contributed by atoms with Crippen molar-refractivity contribution in [1.82, 2.24) is 0 Å². The van der Waals surface area contributed by atoms with Gasteiger partial charge in [0.25, 0.3) is 0 Å². The summed E-state index contributed by atoms with van der Waals surface area (Å²) < 4.78 is 15.2. The zero-order valence-electron chi connectivity index (χ0n) is 19.4. The zero-order chi connectivity index (χ0) is 20.5. The fourth-order valence-electron chi connectivity index (χ4n) is 3.39. The van der Waals surface area contributed by atoms with Crippen LogP contribution in [0.15, 0.2) is 30.3 Å². The van der Waals surface area contributed by atoms with Crippen molar-refractivity contribution in [2.75, 3.05) is 0 Å². The first-order chi connectivity index (χ1) is 13.5. The van der Waals surface area contributed by atoms with E-state index in [1.54, 1.807) is 0 Å². The maximum absolute atomic E-state index is 10.9. The molecular weight excluding hydrogens is 398 g/mol. The van der Waals surface area contributed by atoms with E-state index in [0.29, 0.717) is 6.42 Å². The standard InChI is InChI=1S/C22H39O5P.Na.H/c1-2-3-4-5-6-7-8-9-10-11-12-13-17-20-22(26-27-28(23,24)25)21-18-15-14-16-19-21;;/h14-16,18-19,22H,2-13,17,20H2,1H3,(H2,23,24,25);;/q;+1;-1. The Hall–Kier alpha value is 0.290. The van der Waals surface area contributed by atoms with Gasteiger partial charge in [-0.3, -0.25) is 0 Å². The minimum Gasteiger partial charge on any atom is -1.00 e. The van der Waals surface area contributed by atoms with Crippen molar-refractivity contribution < 1.29 is 54.9 Å². The van der Waals surface area contributed by atoms with E-state index < -0.39 is 13.9 Å². The number of hydrogen-bond acceptors (Lipinski definition) is 3. The van der Waals surface area contributed by atoms with Crippen LogP contribution >= 0.6 is 7.82 Å². The summed E-state index contributed by atoms with van der Waals surface area (Å²) in [5, 5.41) is 0. The van der Waals surface area contributed by atoms with Gasteiger partial charge in [0.1, 0.15) is 6.10 Å². The van der Waals surface area contributed by atoms with Crippen LogP contribution < -0.4 is 29.6 Å². The van der Waals surface area contributed by atoms with Crippen LogP contribution in [0.2, 0.25) is 0 Å². The molecule has 5 nitrogen and oxygen atoms in total. The second-order valence-corrected chi connectivity index (χ2v) is 8.72. The Labute approximate surface area is 200 Å².